The van der Waals surface area contributed by atoms with Crippen LogP contribution < -0.4 is 10.5 Å². The van der Waals surface area contributed by atoms with E-state index in [0.29, 0.717) is 0 Å². The molecular formula is C17H21BrN2OS. The zero-order valence-electron chi connectivity index (χ0n) is 12.6. The largest absolute Gasteiger partial charge is 0.487 e. The minimum atomic E-state index is -0.190. The average molecular weight is 381 g/mol. The molecule has 5 heteroatoms. The fraction of sp³-hybridized carbons (Fsp3) is 0.588. The number of ether oxygens (including phenoxy) is 1. The van der Waals surface area contributed by atoms with Crippen LogP contribution >= 0.6 is 27.7 Å². The fourth-order valence-corrected chi connectivity index (χ4v) is 5.52. The Kier molecular flexibility index (Phi) is 3.68. The number of benzene rings is 1. The molecule has 2 aliphatic heterocycles. The highest BCUT2D eigenvalue weighted by atomic mass is 79.9. The van der Waals surface area contributed by atoms with Crippen LogP contribution in [0.2, 0.25) is 0 Å². The van der Waals surface area contributed by atoms with Crippen molar-refractivity contribution in [1.82, 2.24) is 0 Å². The van der Waals surface area contributed by atoms with E-state index in [2.05, 4.69) is 34.1 Å². The summed E-state index contributed by atoms with van der Waals surface area (Å²) in [6.45, 7) is 0. The molecule has 1 unspecified atom stereocenters. The van der Waals surface area contributed by atoms with Crippen molar-refractivity contribution in [3.05, 3.63) is 28.2 Å². The topological polar surface area (TPSA) is 47.6 Å². The highest BCUT2D eigenvalue weighted by molar-refractivity contribution is 9.10. The number of amidine groups is 1. The molecule has 0 radical (unpaired) electrons. The number of nitrogens with zero attached hydrogens (tertiary/aromatic N) is 1. The smallest absolute Gasteiger partial charge is 0.154 e. The molecule has 2 N–H and O–H groups in total. The van der Waals surface area contributed by atoms with Gasteiger partial charge in [0.05, 0.1) is 5.54 Å². The second kappa shape index (κ2) is 5.45. The summed E-state index contributed by atoms with van der Waals surface area (Å²) in [7, 11) is 0. The van der Waals surface area contributed by atoms with E-state index in [9.17, 15) is 0 Å². The van der Waals surface area contributed by atoms with Crippen molar-refractivity contribution in [2.24, 2.45) is 10.7 Å². The summed E-state index contributed by atoms with van der Waals surface area (Å²) < 4.78 is 7.62. The number of thioether (sulfide) groups is 1. The van der Waals surface area contributed by atoms with Crippen LogP contribution in [0.3, 0.4) is 0 Å². The van der Waals surface area contributed by atoms with E-state index in [-0.39, 0.29) is 11.1 Å². The number of hydrogen-bond donors (Lipinski definition) is 1. The zero-order chi connectivity index (χ0) is 15.2. The molecular weight excluding hydrogens is 360 g/mol. The molecule has 2 heterocycles. The van der Waals surface area contributed by atoms with Gasteiger partial charge in [0.2, 0.25) is 0 Å². The Morgan fingerprint density at radius 1 is 1.18 bits per heavy atom. The van der Waals surface area contributed by atoms with Crippen molar-refractivity contribution in [2.45, 2.75) is 56.1 Å². The summed E-state index contributed by atoms with van der Waals surface area (Å²) in [5.74, 6) is 2.05. The van der Waals surface area contributed by atoms with Crippen LogP contribution in [0.25, 0.3) is 0 Å². The Labute approximate surface area is 144 Å². The van der Waals surface area contributed by atoms with Gasteiger partial charge in [-0.3, -0.25) is 4.99 Å². The van der Waals surface area contributed by atoms with Crippen LogP contribution in [-0.4, -0.2) is 16.5 Å². The molecule has 3 nitrogen and oxygen atoms in total. The lowest BCUT2D eigenvalue weighted by molar-refractivity contribution is -0.0183. The zero-order valence-corrected chi connectivity index (χ0v) is 15.0. The number of hydrogen-bond acceptors (Lipinski definition) is 4. The maximum atomic E-state index is 6.54. The Morgan fingerprint density at radius 3 is 2.77 bits per heavy atom. The maximum absolute atomic E-state index is 6.54. The lowest BCUT2D eigenvalue weighted by atomic mass is 9.70. The standard InChI is InChI=1S/C17H21BrN2OS/c18-12-4-5-14-13(10-12)17(8-9-22-15(19)20-17)11-16(21-14)6-2-1-3-7-16/h4-5,10H,1-3,6-9,11H2,(H2,19,20). The predicted octanol–water partition coefficient (Wildman–Crippen LogP) is 4.58. The number of nitrogens with two attached hydrogens (primary N) is 1. The van der Waals surface area contributed by atoms with Crippen LogP contribution in [0.1, 0.15) is 50.5 Å². The summed E-state index contributed by atoms with van der Waals surface area (Å²) in [4.78, 5) is 4.96. The van der Waals surface area contributed by atoms with E-state index in [1.807, 2.05) is 0 Å². The molecule has 0 aromatic heterocycles. The van der Waals surface area contributed by atoms with Crippen molar-refractivity contribution < 1.29 is 4.74 Å². The van der Waals surface area contributed by atoms with Gasteiger partial charge in [0.1, 0.15) is 11.4 Å². The summed E-state index contributed by atoms with van der Waals surface area (Å²) in [5.41, 5.74) is 7.10. The number of aliphatic imine (C=N–C) groups is 1. The summed E-state index contributed by atoms with van der Waals surface area (Å²) >= 11 is 5.28. The third-order valence-electron chi connectivity index (χ3n) is 5.24. The Morgan fingerprint density at radius 2 is 2.00 bits per heavy atom. The van der Waals surface area contributed by atoms with Crippen molar-refractivity contribution in [2.75, 3.05) is 5.75 Å². The van der Waals surface area contributed by atoms with Gasteiger partial charge in [-0.2, -0.15) is 0 Å². The van der Waals surface area contributed by atoms with Crippen molar-refractivity contribution in [3.8, 4) is 5.75 Å². The number of rotatable bonds is 0. The summed E-state index contributed by atoms with van der Waals surface area (Å²) in [5, 5.41) is 0.727. The Hall–Kier alpha value is -0.680. The van der Waals surface area contributed by atoms with Gasteiger partial charge in [-0.25, -0.2) is 0 Å². The average Bonchev–Trinajstić information content (AvgIpc) is 2.49. The van der Waals surface area contributed by atoms with Crippen molar-refractivity contribution in [1.29, 1.82) is 0 Å². The van der Waals surface area contributed by atoms with Crippen LogP contribution in [0.15, 0.2) is 27.7 Å². The molecule has 1 aliphatic carbocycles. The van der Waals surface area contributed by atoms with Crippen LogP contribution in [0.4, 0.5) is 0 Å². The van der Waals surface area contributed by atoms with Gasteiger partial charge < -0.3 is 10.5 Å². The SMILES string of the molecule is NC1=NC2(CCS1)CC1(CCCCC1)Oc1ccc(Br)cc12. The molecule has 1 saturated carbocycles. The van der Waals surface area contributed by atoms with Crippen LogP contribution in [0, 0.1) is 0 Å². The van der Waals surface area contributed by atoms with E-state index in [1.165, 1.54) is 24.8 Å². The van der Waals surface area contributed by atoms with E-state index in [1.54, 1.807) is 11.8 Å². The van der Waals surface area contributed by atoms with E-state index < -0.39 is 0 Å². The Balaban J connectivity index is 1.85. The van der Waals surface area contributed by atoms with Crippen LogP contribution in [0.5, 0.6) is 5.75 Å². The molecule has 3 aliphatic rings. The molecule has 118 valence electrons. The minimum Gasteiger partial charge on any atom is -0.487 e. The van der Waals surface area contributed by atoms with Gasteiger partial charge in [0.25, 0.3) is 0 Å². The van der Waals surface area contributed by atoms with Gasteiger partial charge >= 0.3 is 0 Å². The molecule has 0 saturated heterocycles. The van der Waals surface area contributed by atoms with Gasteiger partial charge in [-0.15, -0.1) is 0 Å². The normalized spacial score (nSPS) is 29.8. The van der Waals surface area contributed by atoms with Gasteiger partial charge in [0, 0.05) is 22.2 Å². The molecule has 4 rings (SSSR count). The van der Waals surface area contributed by atoms with E-state index in [0.717, 1.165) is 46.8 Å². The minimum absolute atomic E-state index is 0.0368. The monoisotopic (exact) mass is 380 g/mol. The third kappa shape index (κ3) is 2.46. The third-order valence-corrected chi connectivity index (χ3v) is 6.53. The lowest BCUT2D eigenvalue weighted by Gasteiger charge is -2.49. The van der Waals surface area contributed by atoms with E-state index in [4.69, 9.17) is 15.5 Å². The maximum Gasteiger partial charge on any atom is 0.154 e. The molecule has 1 aromatic carbocycles. The molecule has 2 spiro atoms. The first-order valence-corrected chi connectivity index (χ1v) is 9.86. The highest BCUT2D eigenvalue weighted by Crippen LogP contribution is 2.54. The Bertz CT molecular complexity index is 627. The van der Waals surface area contributed by atoms with Gasteiger partial charge in [-0.05, 0) is 50.3 Å². The molecule has 22 heavy (non-hydrogen) atoms. The quantitative estimate of drug-likeness (QED) is 0.716. The lowest BCUT2D eigenvalue weighted by Crippen LogP contribution is -2.50. The summed E-state index contributed by atoms with van der Waals surface area (Å²) in [6.07, 6.45) is 8.16. The van der Waals surface area contributed by atoms with Crippen molar-refractivity contribution >= 4 is 32.9 Å². The van der Waals surface area contributed by atoms with Crippen LogP contribution in [-0.2, 0) is 5.54 Å². The first-order valence-electron chi connectivity index (χ1n) is 8.08. The number of halogens is 1. The molecule has 1 aromatic rings. The highest BCUT2D eigenvalue weighted by Gasteiger charge is 2.50. The first-order chi connectivity index (χ1) is 10.6. The van der Waals surface area contributed by atoms with Gasteiger partial charge in [0.15, 0.2) is 5.17 Å². The fourth-order valence-electron chi connectivity index (χ4n) is 4.27. The molecule has 1 atom stereocenters. The van der Waals surface area contributed by atoms with Crippen molar-refractivity contribution in [3.63, 3.8) is 0 Å². The van der Waals surface area contributed by atoms with E-state index >= 15 is 0 Å². The summed E-state index contributed by atoms with van der Waals surface area (Å²) in [6, 6.07) is 6.35. The second-order valence-corrected chi connectivity index (χ2v) is 8.77. The molecule has 1 fully saturated rings. The second-order valence-electron chi connectivity index (χ2n) is 6.74. The van der Waals surface area contributed by atoms with Gasteiger partial charge in [-0.1, -0.05) is 34.1 Å². The first kappa shape index (κ1) is 14.9. The molecule has 0 amide bonds. The molecule has 0 bridgehead atoms. The number of fused-ring (bicyclic) bond motifs is 2. The predicted molar refractivity (Wildman–Crippen MR) is 95.6 cm³/mol.